The van der Waals surface area contributed by atoms with E-state index in [-0.39, 0.29) is 5.60 Å². The molecule has 1 aliphatic heterocycles. The summed E-state index contributed by atoms with van der Waals surface area (Å²) in [5.41, 5.74) is 2.67. The quantitative estimate of drug-likeness (QED) is 0.269. The minimum atomic E-state index is -0.504. The number of halogens is 1. The second kappa shape index (κ2) is 10.6. The topological polar surface area (TPSA) is 59.0 Å². The normalized spacial score (nSPS) is 25.6. The van der Waals surface area contributed by atoms with E-state index in [1.54, 1.807) is 5.54 Å². The van der Waals surface area contributed by atoms with E-state index < -0.39 is 5.91 Å². The Labute approximate surface area is 186 Å². The van der Waals surface area contributed by atoms with Gasteiger partial charge in [-0.25, -0.2) is 0 Å². The number of ether oxygens (including phenoxy) is 1. The van der Waals surface area contributed by atoms with Crippen LogP contribution in [0.25, 0.3) is 0 Å². The number of amides is 1. The van der Waals surface area contributed by atoms with Crippen molar-refractivity contribution in [1.82, 2.24) is 4.90 Å². The van der Waals surface area contributed by atoms with Crippen LogP contribution in [0, 0.1) is 22.2 Å². The molecule has 0 aromatic heterocycles. The third-order valence-corrected chi connectivity index (χ3v) is 6.85. The number of hydrogen-bond donors (Lipinski definition) is 0. The monoisotopic (exact) mass is 436 g/mol. The highest BCUT2D eigenvalue weighted by atomic mass is 35.5. The smallest absolute Gasteiger partial charge is 0.286 e. The molecule has 2 aliphatic rings. The molecule has 168 valence electrons. The molecule has 5 nitrogen and oxygen atoms in total. The lowest BCUT2D eigenvalue weighted by atomic mass is 9.59. The molecule has 1 saturated carbocycles. The van der Waals surface area contributed by atoms with Crippen molar-refractivity contribution >= 4 is 17.5 Å². The van der Waals surface area contributed by atoms with E-state index in [4.69, 9.17) is 16.3 Å². The molecule has 2 unspecified atom stereocenters. The highest BCUT2D eigenvalue weighted by Crippen LogP contribution is 2.51. The molecule has 0 aromatic carbocycles. The number of nitrogens with zero attached hydrogens (tertiary/aromatic N) is 2. The van der Waals surface area contributed by atoms with Gasteiger partial charge in [0.15, 0.2) is 0 Å². The number of hydrogen-bond acceptors (Lipinski definition) is 4. The maximum atomic E-state index is 11.4. The lowest BCUT2D eigenvalue weighted by Crippen LogP contribution is -2.45. The van der Waals surface area contributed by atoms with Gasteiger partial charge in [-0.15, -0.1) is 4.91 Å². The lowest BCUT2D eigenvalue weighted by Gasteiger charge is -2.50. The molecule has 2 fully saturated rings. The van der Waals surface area contributed by atoms with E-state index in [1.165, 1.54) is 0 Å². The van der Waals surface area contributed by atoms with E-state index in [1.807, 2.05) is 45.9 Å². The first-order chi connectivity index (χ1) is 14.1. The third-order valence-electron chi connectivity index (χ3n) is 6.63. The summed E-state index contributed by atoms with van der Waals surface area (Å²) in [6.45, 7) is 12.3. The van der Waals surface area contributed by atoms with Crippen molar-refractivity contribution in [2.24, 2.45) is 22.4 Å². The zero-order valence-electron chi connectivity index (χ0n) is 19.1. The molecule has 2 atom stereocenters. The molecule has 0 radical (unpaired) electrons. The first-order valence-corrected chi connectivity index (χ1v) is 11.5. The van der Waals surface area contributed by atoms with Crippen LogP contribution in [0.3, 0.4) is 0 Å². The van der Waals surface area contributed by atoms with Gasteiger partial charge in [0.05, 0.1) is 5.70 Å². The number of carbonyl (C=O) groups is 1. The maximum Gasteiger partial charge on any atom is 0.286 e. The van der Waals surface area contributed by atoms with Gasteiger partial charge in [-0.3, -0.25) is 4.79 Å². The third kappa shape index (κ3) is 6.69. The van der Waals surface area contributed by atoms with Crippen molar-refractivity contribution < 1.29 is 9.53 Å². The van der Waals surface area contributed by atoms with Crippen LogP contribution in [-0.2, 0) is 9.53 Å². The Morgan fingerprint density at radius 1 is 1.27 bits per heavy atom. The highest BCUT2D eigenvalue weighted by Gasteiger charge is 2.43. The van der Waals surface area contributed by atoms with E-state index in [9.17, 15) is 9.70 Å². The van der Waals surface area contributed by atoms with Crippen molar-refractivity contribution in [3.8, 4) is 0 Å². The Bertz CT molecular complexity index is 698. The van der Waals surface area contributed by atoms with Crippen LogP contribution < -0.4 is 0 Å². The SMILES string of the molecule is C\C=C/C(=C\C(=C\Cl)N1CCC2(CCC(CC(=O)N=O)CC2C)CC1)OC(C)(C)C. The largest absolute Gasteiger partial charge is 0.488 e. The molecule has 0 bridgehead atoms. The fraction of sp³-hybridized carbons (Fsp3) is 0.708. The first-order valence-electron chi connectivity index (χ1n) is 11.1. The van der Waals surface area contributed by atoms with E-state index in [0.29, 0.717) is 23.7 Å². The van der Waals surface area contributed by atoms with Gasteiger partial charge in [-0.2, -0.15) is 0 Å². The Hall–Kier alpha value is -1.62. The number of allylic oxidation sites excluding steroid dienone is 3. The summed E-state index contributed by atoms with van der Waals surface area (Å²) in [5.74, 6) is 1.14. The Morgan fingerprint density at radius 2 is 1.93 bits per heavy atom. The minimum absolute atomic E-state index is 0.274. The molecule has 30 heavy (non-hydrogen) atoms. The number of carbonyl (C=O) groups excluding carboxylic acids is 1. The Balaban J connectivity index is 2.02. The van der Waals surface area contributed by atoms with Gasteiger partial charge in [0.1, 0.15) is 11.4 Å². The van der Waals surface area contributed by atoms with E-state index in [0.717, 1.165) is 56.6 Å². The van der Waals surface area contributed by atoms with Gasteiger partial charge < -0.3 is 9.64 Å². The molecule has 1 saturated heterocycles. The molecule has 6 heteroatoms. The van der Waals surface area contributed by atoms with Crippen LogP contribution >= 0.6 is 11.6 Å². The summed E-state index contributed by atoms with van der Waals surface area (Å²) >= 11 is 6.21. The molecule has 1 amide bonds. The number of nitroso groups, excluding NO2 is 1. The second-order valence-corrected chi connectivity index (χ2v) is 10.1. The van der Waals surface area contributed by atoms with Crippen LogP contribution in [0.5, 0.6) is 0 Å². The predicted molar refractivity (Wildman–Crippen MR) is 123 cm³/mol. The molecule has 2 rings (SSSR count). The Kier molecular flexibility index (Phi) is 8.72. The van der Waals surface area contributed by atoms with Crippen LogP contribution in [0.2, 0.25) is 0 Å². The summed E-state index contributed by atoms with van der Waals surface area (Å²) in [6, 6.07) is 0. The average Bonchev–Trinajstić information content (AvgIpc) is 2.68. The standard InChI is InChI=1S/C24H37ClN2O3/c1-6-7-21(30-23(3,4)5)16-20(17-25)27-12-10-24(11-13-27)9-8-19(14-18(24)2)15-22(28)26-29/h6-7,16-19H,8-15H2,1-5H3/b7-6-,20-17-,21-16+. The minimum Gasteiger partial charge on any atom is -0.488 e. The molecular formula is C24H37ClN2O3. The Morgan fingerprint density at radius 3 is 2.43 bits per heavy atom. The van der Waals surface area contributed by atoms with Crippen molar-refractivity contribution in [3.05, 3.63) is 40.1 Å². The van der Waals surface area contributed by atoms with Crippen LogP contribution in [0.15, 0.2) is 40.4 Å². The fourth-order valence-electron chi connectivity index (χ4n) is 5.00. The van der Waals surface area contributed by atoms with Crippen molar-refractivity contribution in [2.75, 3.05) is 13.1 Å². The summed E-state index contributed by atoms with van der Waals surface area (Å²) in [4.78, 5) is 24.2. The van der Waals surface area contributed by atoms with Gasteiger partial charge in [0, 0.05) is 36.3 Å². The fourth-order valence-corrected chi connectivity index (χ4v) is 5.20. The van der Waals surface area contributed by atoms with E-state index in [2.05, 4.69) is 17.0 Å². The summed E-state index contributed by atoms with van der Waals surface area (Å²) in [7, 11) is 0. The maximum absolute atomic E-state index is 11.4. The molecule has 0 N–H and O–H groups in total. The highest BCUT2D eigenvalue weighted by molar-refractivity contribution is 6.25. The summed E-state index contributed by atoms with van der Waals surface area (Å²) in [6.07, 6.45) is 11.6. The average molecular weight is 437 g/mol. The summed E-state index contributed by atoms with van der Waals surface area (Å²) < 4.78 is 6.07. The zero-order chi connectivity index (χ0) is 22.4. The van der Waals surface area contributed by atoms with E-state index >= 15 is 0 Å². The zero-order valence-corrected chi connectivity index (χ0v) is 19.9. The number of likely N-dealkylation sites (tertiary alicyclic amines) is 1. The number of piperidine rings is 1. The van der Waals surface area contributed by atoms with Crippen molar-refractivity contribution in [3.63, 3.8) is 0 Å². The van der Waals surface area contributed by atoms with Crippen LogP contribution in [0.4, 0.5) is 0 Å². The summed E-state index contributed by atoms with van der Waals surface area (Å²) in [5, 5.41) is 2.57. The first kappa shape index (κ1) is 24.6. The van der Waals surface area contributed by atoms with Gasteiger partial charge in [-0.05, 0) is 83.1 Å². The van der Waals surface area contributed by atoms with Gasteiger partial charge in [-0.1, -0.05) is 24.6 Å². The number of rotatable bonds is 6. The molecule has 0 aromatic rings. The molecular weight excluding hydrogens is 400 g/mol. The van der Waals surface area contributed by atoms with Crippen LogP contribution in [-0.4, -0.2) is 29.5 Å². The van der Waals surface area contributed by atoms with Gasteiger partial charge in [0.2, 0.25) is 0 Å². The molecule has 1 heterocycles. The van der Waals surface area contributed by atoms with Gasteiger partial charge >= 0.3 is 0 Å². The van der Waals surface area contributed by atoms with Gasteiger partial charge in [0.25, 0.3) is 5.91 Å². The molecule has 1 spiro atoms. The van der Waals surface area contributed by atoms with Crippen molar-refractivity contribution in [1.29, 1.82) is 0 Å². The lowest BCUT2D eigenvalue weighted by molar-refractivity contribution is -0.119. The van der Waals surface area contributed by atoms with Crippen LogP contribution in [0.1, 0.15) is 73.1 Å². The predicted octanol–water partition coefficient (Wildman–Crippen LogP) is 6.54. The van der Waals surface area contributed by atoms with Crippen molar-refractivity contribution in [2.45, 2.75) is 78.7 Å². The second-order valence-electron chi connectivity index (χ2n) is 9.88. The molecule has 1 aliphatic carbocycles.